The Labute approximate surface area is 99.3 Å². The first kappa shape index (κ1) is 11.3. The number of aryl methyl sites for hydroxylation is 1. The molecule has 0 aromatic heterocycles. The summed E-state index contributed by atoms with van der Waals surface area (Å²) >= 11 is 5.95. The zero-order valence-corrected chi connectivity index (χ0v) is 9.60. The molecule has 0 saturated carbocycles. The van der Waals surface area contributed by atoms with Crippen LogP contribution in [0.4, 0.5) is 4.39 Å². The summed E-state index contributed by atoms with van der Waals surface area (Å²) in [5.74, 6) is 0.900. The van der Waals surface area contributed by atoms with E-state index in [4.69, 9.17) is 17.3 Å². The predicted octanol–water partition coefficient (Wildman–Crippen LogP) is 2.43. The maximum Gasteiger partial charge on any atom is 0.124 e. The van der Waals surface area contributed by atoms with E-state index in [0.29, 0.717) is 10.9 Å². The van der Waals surface area contributed by atoms with E-state index in [1.54, 1.807) is 6.07 Å². The summed E-state index contributed by atoms with van der Waals surface area (Å²) in [6, 6.07) is 4.54. The van der Waals surface area contributed by atoms with Crippen LogP contribution in [0.1, 0.15) is 12.0 Å². The van der Waals surface area contributed by atoms with Gasteiger partial charge in [-0.25, -0.2) is 4.39 Å². The molecule has 1 atom stereocenters. The standard InChI is InChI=1S/C12H14ClFN2/c13-11-6-10(14)4-3-9(11)2-1-8-5-12(15)16-7-8/h3-6,8,16H,1-2,7,15H2/t8-/m0/s1. The third kappa shape index (κ3) is 2.67. The Kier molecular flexibility index (Phi) is 3.34. The molecule has 4 heteroatoms. The van der Waals surface area contributed by atoms with E-state index in [1.165, 1.54) is 12.1 Å². The molecule has 0 spiro atoms. The first-order chi connectivity index (χ1) is 7.65. The molecule has 2 nitrogen and oxygen atoms in total. The van der Waals surface area contributed by atoms with Crippen LogP contribution in [0.3, 0.4) is 0 Å². The minimum absolute atomic E-state index is 0.291. The molecule has 0 bridgehead atoms. The Morgan fingerprint density at radius 1 is 1.50 bits per heavy atom. The minimum Gasteiger partial charge on any atom is -0.386 e. The lowest BCUT2D eigenvalue weighted by Crippen LogP contribution is -2.16. The van der Waals surface area contributed by atoms with Gasteiger partial charge in [0.15, 0.2) is 0 Å². The van der Waals surface area contributed by atoms with Crippen molar-refractivity contribution in [3.63, 3.8) is 0 Å². The molecule has 1 aromatic carbocycles. The van der Waals surface area contributed by atoms with Gasteiger partial charge in [-0.1, -0.05) is 17.7 Å². The van der Waals surface area contributed by atoms with Gasteiger partial charge in [-0.2, -0.15) is 0 Å². The van der Waals surface area contributed by atoms with Gasteiger partial charge in [0.05, 0.1) is 5.82 Å². The van der Waals surface area contributed by atoms with Crippen LogP contribution in [0.15, 0.2) is 30.1 Å². The normalized spacial score (nSPS) is 19.4. The molecule has 1 aliphatic heterocycles. The van der Waals surface area contributed by atoms with Crippen LogP contribution in [0.5, 0.6) is 0 Å². The molecule has 0 fully saturated rings. The number of rotatable bonds is 3. The Morgan fingerprint density at radius 3 is 2.94 bits per heavy atom. The highest BCUT2D eigenvalue weighted by molar-refractivity contribution is 6.31. The molecule has 1 aromatic rings. The Hall–Kier alpha value is -1.22. The second-order valence-corrected chi connectivity index (χ2v) is 4.44. The molecule has 1 aliphatic rings. The van der Waals surface area contributed by atoms with Crippen molar-refractivity contribution in [1.29, 1.82) is 0 Å². The van der Waals surface area contributed by atoms with Gasteiger partial charge in [0.2, 0.25) is 0 Å². The van der Waals surface area contributed by atoms with E-state index in [0.717, 1.165) is 30.8 Å². The monoisotopic (exact) mass is 240 g/mol. The lowest BCUT2D eigenvalue weighted by atomic mass is 10.0. The molecule has 0 radical (unpaired) electrons. The van der Waals surface area contributed by atoms with Crippen LogP contribution in [-0.4, -0.2) is 6.54 Å². The topological polar surface area (TPSA) is 38.0 Å². The van der Waals surface area contributed by atoms with Gasteiger partial charge in [0, 0.05) is 11.6 Å². The molecular formula is C12H14ClFN2. The van der Waals surface area contributed by atoms with Gasteiger partial charge < -0.3 is 11.1 Å². The highest BCUT2D eigenvalue weighted by atomic mass is 35.5. The summed E-state index contributed by atoms with van der Waals surface area (Å²) in [5.41, 5.74) is 6.61. The van der Waals surface area contributed by atoms with Crippen molar-refractivity contribution in [3.05, 3.63) is 46.5 Å². The summed E-state index contributed by atoms with van der Waals surface area (Å²) < 4.78 is 12.8. The van der Waals surface area contributed by atoms with Gasteiger partial charge in [0.1, 0.15) is 5.82 Å². The molecule has 1 heterocycles. The molecule has 2 rings (SSSR count). The lowest BCUT2D eigenvalue weighted by molar-refractivity contribution is 0.594. The van der Waals surface area contributed by atoms with Crippen LogP contribution in [0.2, 0.25) is 5.02 Å². The van der Waals surface area contributed by atoms with Crippen molar-refractivity contribution in [3.8, 4) is 0 Å². The molecule has 86 valence electrons. The van der Waals surface area contributed by atoms with Crippen LogP contribution < -0.4 is 11.1 Å². The third-order valence-electron chi connectivity index (χ3n) is 2.78. The van der Waals surface area contributed by atoms with Crippen LogP contribution in [0, 0.1) is 11.7 Å². The fourth-order valence-electron chi connectivity index (χ4n) is 1.87. The zero-order valence-electron chi connectivity index (χ0n) is 8.84. The van der Waals surface area contributed by atoms with Gasteiger partial charge in [-0.3, -0.25) is 0 Å². The average Bonchev–Trinajstić information content (AvgIpc) is 2.63. The summed E-state index contributed by atoms with van der Waals surface area (Å²) in [5, 5.41) is 3.58. The van der Waals surface area contributed by atoms with E-state index < -0.39 is 0 Å². The first-order valence-corrected chi connectivity index (χ1v) is 5.68. The Bertz CT molecular complexity index is 417. The van der Waals surface area contributed by atoms with E-state index in [9.17, 15) is 4.39 Å². The molecule has 0 aliphatic carbocycles. The van der Waals surface area contributed by atoms with Crippen LogP contribution >= 0.6 is 11.6 Å². The van der Waals surface area contributed by atoms with Gasteiger partial charge >= 0.3 is 0 Å². The lowest BCUT2D eigenvalue weighted by Gasteiger charge is -2.08. The highest BCUT2D eigenvalue weighted by Gasteiger charge is 2.13. The second kappa shape index (κ2) is 4.74. The largest absolute Gasteiger partial charge is 0.386 e. The van der Waals surface area contributed by atoms with Crippen molar-refractivity contribution in [1.82, 2.24) is 5.32 Å². The van der Waals surface area contributed by atoms with Crippen LogP contribution in [-0.2, 0) is 6.42 Å². The highest BCUT2D eigenvalue weighted by Crippen LogP contribution is 2.21. The van der Waals surface area contributed by atoms with Gasteiger partial charge in [-0.15, -0.1) is 0 Å². The summed E-state index contributed by atoms with van der Waals surface area (Å²) in [6.45, 7) is 0.880. The predicted molar refractivity (Wildman–Crippen MR) is 63.5 cm³/mol. The summed E-state index contributed by atoms with van der Waals surface area (Å²) in [4.78, 5) is 0. The van der Waals surface area contributed by atoms with E-state index in [1.807, 2.05) is 6.08 Å². The summed E-state index contributed by atoms with van der Waals surface area (Å²) in [6.07, 6.45) is 3.84. The minimum atomic E-state index is -0.291. The molecule has 16 heavy (non-hydrogen) atoms. The zero-order chi connectivity index (χ0) is 11.5. The van der Waals surface area contributed by atoms with Gasteiger partial charge in [0.25, 0.3) is 0 Å². The average molecular weight is 241 g/mol. The number of halogens is 2. The molecular weight excluding hydrogens is 227 g/mol. The van der Waals surface area contributed by atoms with E-state index in [-0.39, 0.29) is 5.82 Å². The molecule has 0 unspecified atom stereocenters. The Morgan fingerprint density at radius 2 is 2.31 bits per heavy atom. The second-order valence-electron chi connectivity index (χ2n) is 4.04. The number of nitrogens with one attached hydrogen (secondary N) is 1. The van der Waals surface area contributed by atoms with Gasteiger partial charge in [-0.05, 0) is 42.5 Å². The number of hydrogen-bond acceptors (Lipinski definition) is 2. The van der Waals surface area contributed by atoms with Crippen molar-refractivity contribution in [2.24, 2.45) is 11.7 Å². The third-order valence-corrected chi connectivity index (χ3v) is 3.14. The first-order valence-electron chi connectivity index (χ1n) is 5.30. The van der Waals surface area contributed by atoms with Crippen molar-refractivity contribution >= 4 is 11.6 Å². The van der Waals surface area contributed by atoms with Crippen molar-refractivity contribution in [2.45, 2.75) is 12.8 Å². The molecule has 0 amide bonds. The fraction of sp³-hybridized carbons (Fsp3) is 0.333. The number of nitrogens with two attached hydrogens (primary N) is 1. The Balaban J connectivity index is 1.95. The van der Waals surface area contributed by atoms with E-state index >= 15 is 0 Å². The SMILES string of the molecule is NC1=C[C@H](CCc2ccc(F)cc2Cl)CN1. The fourth-order valence-corrected chi connectivity index (χ4v) is 2.13. The maximum absolute atomic E-state index is 12.8. The van der Waals surface area contributed by atoms with Crippen LogP contribution in [0.25, 0.3) is 0 Å². The maximum atomic E-state index is 12.8. The van der Waals surface area contributed by atoms with Crippen molar-refractivity contribution in [2.75, 3.05) is 6.54 Å². The van der Waals surface area contributed by atoms with E-state index in [2.05, 4.69) is 5.32 Å². The van der Waals surface area contributed by atoms with Crippen molar-refractivity contribution < 1.29 is 4.39 Å². The quantitative estimate of drug-likeness (QED) is 0.852. The molecule has 0 saturated heterocycles. The molecule has 3 N–H and O–H groups in total. The smallest absolute Gasteiger partial charge is 0.124 e. The number of benzene rings is 1. The number of hydrogen-bond donors (Lipinski definition) is 2. The summed E-state index contributed by atoms with van der Waals surface area (Å²) in [7, 11) is 0.